The van der Waals surface area contributed by atoms with Crippen molar-refractivity contribution in [2.75, 3.05) is 27.4 Å². The summed E-state index contributed by atoms with van der Waals surface area (Å²) in [6.07, 6.45) is 7.49. The lowest BCUT2D eigenvalue weighted by atomic mass is 9.80. The molecule has 0 bridgehead atoms. The van der Waals surface area contributed by atoms with Gasteiger partial charge in [-0.15, -0.1) is 11.6 Å². The Bertz CT molecular complexity index is 1620. The number of ether oxygens (including phenoxy) is 3. The zero-order valence-corrected chi connectivity index (χ0v) is 26.3. The van der Waals surface area contributed by atoms with Crippen molar-refractivity contribution in [3.63, 3.8) is 0 Å². The van der Waals surface area contributed by atoms with E-state index >= 15 is 0 Å². The molecule has 4 atom stereocenters. The smallest absolute Gasteiger partial charge is 0.270 e. The van der Waals surface area contributed by atoms with E-state index in [1.54, 1.807) is 24.3 Å². The Morgan fingerprint density at radius 2 is 2.04 bits per heavy atom. The predicted octanol–water partition coefficient (Wildman–Crippen LogP) is 4.22. The average Bonchev–Trinajstić information content (AvgIpc) is 3.06. The number of aliphatic hydroxyl groups is 1. The number of aromatic nitrogens is 2. The molecule has 2 aliphatic rings. The fraction of sp³-hybridized carbons (Fsp3) is 0.333. The molecule has 0 saturated carbocycles. The number of rotatable bonds is 11. The van der Waals surface area contributed by atoms with Gasteiger partial charge in [-0.05, 0) is 41.3 Å². The van der Waals surface area contributed by atoms with Crippen molar-refractivity contribution in [2.45, 2.75) is 42.6 Å². The van der Waals surface area contributed by atoms with Crippen LogP contribution in [0.25, 0.3) is 5.57 Å². The predicted molar refractivity (Wildman–Crippen MR) is 171 cm³/mol. The molecule has 10 nitrogen and oxygen atoms in total. The van der Waals surface area contributed by atoms with Crippen LogP contribution in [0.3, 0.4) is 0 Å². The number of aliphatic hydroxyl groups excluding tert-OH is 1. The molecule has 3 aromatic rings. The van der Waals surface area contributed by atoms with E-state index in [2.05, 4.69) is 15.6 Å². The number of allylic oxidation sites excluding steroid dienone is 2. The van der Waals surface area contributed by atoms with Crippen LogP contribution < -0.4 is 15.4 Å². The minimum Gasteiger partial charge on any atom is -0.481 e. The lowest BCUT2D eigenvalue weighted by Crippen LogP contribution is -2.52. The highest BCUT2D eigenvalue weighted by Crippen LogP contribution is 2.43. The number of methoxy groups -OCH3 is 2. The monoisotopic (exact) mass is 652 g/mol. The Morgan fingerprint density at radius 3 is 2.78 bits per heavy atom. The molecule has 0 radical (unpaired) electrons. The first-order chi connectivity index (χ1) is 21.8. The number of benzene rings is 1. The number of halogens is 2. The second kappa shape index (κ2) is 14.6. The largest absolute Gasteiger partial charge is 0.481 e. The van der Waals surface area contributed by atoms with Crippen LogP contribution in [0.15, 0.2) is 66.9 Å². The average molecular weight is 654 g/mol. The van der Waals surface area contributed by atoms with Gasteiger partial charge in [-0.3, -0.25) is 14.6 Å². The van der Waals surface area contributed by atoms with Gasteiger partial charge >= 0.3 is 0 Å². The highest BCUT2D eigenvalue weighted by Gasteiger charge is 2.45. The van der Waals surface area contributed by atoms with Crippen LogP contribution in [0.4, 0.5) is 0 Å². The summed E-state index contributed by atoms with van der Waals surface area (Å²) in [6, 6.07) is 12.3. The van der Waals surface area contributed by atoms with Gasteiger partial charge in [-0.1, -0.05) is 54.1 Å². The summed E-state index contributed by atoms with van der Waals surface area (Å²) in [6.45, 7) is 1.35. The number of amides is 1. The molecule has 1 aliphatic heterocycles. The number of hydrogen-bond acceptors (Lipinski definition) is 9. The van der Waals surface area contributed by atoms with Crippen molar-refractivity contribution < 1.29 is 28.9 Å². The van der Waals surface area contributed by atoms with Crippen LogP contribution in [-0.4, -0.2) is 72.2 Å². The summed E-state index contributed by atoms with van der Waals surface area (Å²) in [5.74, 6) is -0.211. The minimum atomic E-state index is -1.37. The first-order valence-electron chi connectivity index (χ1n) is 14.4. The van der Waals surface area contributed by atoms with Crippen LogP contribution in [0, 0.1) is 0 Å². The molecule has 3 heterocycles. The van der Waals surface area contributed by atoms with Gasteiger partial charge in [0.2, 0.25) is 5.88 Å². The van der Waals surface area contributed by atoms with Gasteiger partial charge < -0.3 is 30.0 Å². The van der Waals surface area contributed by atoms with E-state index in [9.17, 15) is 14.7 Å². The van der Waals surface area contributed by atoms with Crippen molar-refractivity contribution >= 4 is 41.0 Å². The third-order valence-corrected chi connectivity index (χ3v) is 8.84. The number of hydrogen-bond donors (Lipinski definition) is 3. The van der Waals surface area contributed by atoms with Crippen LogP contribution >= 0.6 is 23.2 Å². The van der Waals surface area contributed by atoms with Crippen molar-refractivity contribution in [3.8, 4) is 5.88 Å². The van der Waals surface area contributed by atoms with E-state index in [0.717, 1.165) is 5.56 Å². The molecule has 2 unspecified atom stereocenters. The molecule has 0 spiro atoms. The number of carbonyl (C=O) groups is 2. The van der Waals surface area contributed by atoms with Gasteiger partial charge in [0, 0.05) is 48.6 Å². The van der Waals surface area contributed by atoms with Crippen molar-refractivity contribution in [1.82, 2.24) is 20.6 Å². The number of pyridine rings is 2. The number of aldehydes is 1. The van der Waals surface area contributed by atoms with Gasteiger partial charge in [0.05, 0.1) is 37.5 Å². The molecule has 12 heteroatoms. The third kappa shape index (κ3) is 6.96. The maximum Gasteiger partial charge on any atom is 0.270 e. The standard InChI is InChI=1S/C33H34Cl2N4O6/c1-43-18-21-14-27(37-16-22(21)17-40)31(42)39-33(12-5-7-24(30(33)35)23-6-3-4-8-25(23)34)29-10-9-20(32(38-29)44-2)15-36-26-11-13-45-19-28(26)41/h3-10,12,14,16-17,26,28,30,36,41H,11,13,15,18-19H2,1-2H3,(H,39,42)/t26-,28-,30?,33?/m1/s1. The summed E-state index contributed by atoms with van der Waals surface area (Å²) in [5.41, 5.74) is 2.10. The Morgan fingerprint density at radius 1 is 1.22 bits per heavy atom. The molecule has 1 amide bonds. The summed E-state index contributed by atoms with van der Waals surface area (Å²) in [4.78, 5) is 34.5. The van der Waals surface area contributed by atoms with Gasteiger partial charge in [0.1, 0.15) is 11.2 Å². The quantitative estimate of drug-likeness (QED) is 0.206. The van der Waals surface area contributed by atoms with Crippen molar-refractivity contribution in [3.05, 3.63) is 106 Å². The second-order valence-electron chi connectivity index (χ2n) is 10.7. The topological polar surface area (TPSA) is 132 Å². The molecule has 5 rings (SSSR count). The molecule has 3 N–H and O–H groups in total. The second-order valence-corrected chi connectivity index (χ2v) is 11.6. The fourth-order valence-corrected chi connectivity index (χ4v) is 6.18. The molecular formula is C33H34Cl2N4O6. The Hall–Kier alpha value is -3.64. The maximum absolute atomic E-state index is 13.9. The lowest BCUT2D eigenvalue weighted by Gasteiger charge is -2.39. The van der Waals surface area contributed by atoms with E-state index < -0.39 is 22.9 Å². The summed E-state index contributed by atoms with van der Waals surface area (Å²) in [7, 11) is 3.02. The van der Waals surface area contributed by atoms with Gasteiger partial charge in [-0.25, -0.2) is 4.98 Å². The zero-order chi connectivity index (χ0) is 32.0. The zero-order valence-electron chi connectivity index (χ0n) is 24.8. The van der Waals surface area contributed by atoms with E-state index in [4.69, 9.17) is 42.4 Å². The Labute approximate surface area is 271 Å². The normalized spacial score (nSPS) is 22.9. The molecule has 1 saturated heterocycles. The van der Waals surface area contributed by atoms with E-state index in [1.165, 1.54) is 26.5 Å². The first kappa shape index (κ1) is 32.7. The summed E-state index contributed by atoms with van der Waals surface area (Å²) >= 11 is 13.9. The molecule has 1 aromatic carbocycles. The number of carbonyl (C=O) groups excluding carboxylic acids is 2. The number of alkyl halides is 1. The molecular weight excluding hydrogens is 619 g/mol. The minimum absolute atomic E-state index is 0.0703. The molecule has 1 fully saturated rings. The van der Waals surface area contributed by atoms with E-state index in [0.29, 0.717) is 64.7 Å². The maximum atomic E-state index is 13.9. The SMILES string of the molecule is COCc1cc(C(=O)NC2(c3ccc(CN[C@@H]4CCOC[C@H]4O)c(OC)n3)C=CC=C(c3ccccc3Cl)C2Cl)ncc1C=O. The van der Waals surface area contributed by atoms with E-state index in [-0.39, 0.29) is 24.9 Å². The molecule has 236 valence electrons. The summed E-state index contributed by atoms with van der Waals surface area (Å²) in [5, 5.41) is 16.4. The van der Waals surface area contributed by atoms with Crippen LogP contribution in [0.1, 0.15) is 49.7 Å². The summed E-state index contributed by atoms with van der Waals surface area (Å²) < 4.78 is 16.3. The highest BCUT2D eigenvalue weighted by molar-refractivity contribution is 6.34. The molecule has 45 heavy (non-hydrogen) atoms. The van der Waals surface area contributed by atoms with Crippen LogP contribution in [0.5, 0.6) is 5.88 Å². The first-order valence-corrected chi connectivity index (χ1v) is 15.2. The molecule has 1 aliphatic carbocycles. The van der Waals surface area contributed by atoms with Crippen molar-refractivity contribution in [2.24, 2.45) is 0 Å². The number of nitrogens with one attached hydrogen (secondary N) is 2. The van der Waals surface area contributed by atoms with Gasteiger partial charge in [0.15, 0.2) is 6.29 Å². The van der Waals surface area contributed by atoms with Crippen molar-refractivity contribution in [1.29, 1.82) is 0 Å². The number of nitrogens with zero attached hydrogens (tertiary/aromatic N) is 2. The molecule has 2 aromatic heterocycles. The van der Waals surface area contributed by atoms with Gasteiger partial charge in [0.25, 0.3) is 5.91 Å². The highest BCUT2D eigenvalue weighted by atomic mass is 35.5. The Balaban J connectivity index is 1.53. The van der Waals surface area contributed by atoms with Crippen LogP contribution in [-0.2, 0) is 28.2 Å². The van der Waals surface area contributed by atoms with E-state index in [1.807, 2.05) is 30.3 Å². The fourth-order valence-electron chi connectivity index (χ4n) is 5.51. The third-order valence-electron chi connectivity index (χ3n) is 7.93. The van der Waals surface area contributed by atoms with Gasteiger partial charge in [-0.2, -0.15) is 0 Å². The van der Waals surface area contributed by atoms with Crippen LogP contribution in [0.2, 0.25) is 5.02 Å². The lowest BCUT2D eigenvalue weighted by molar-refractivity contribution is -0.0281. The Kier molecular flexibility index (Phi) is 10.7.